The summed E-state index contributed by atoms with van der Waals surface area (Å²) in [5.41, 5.74) is 0.135. The second-order valence-electron chi connectivity index (χ2n) is 1.28. The summed E-state index contributed by atoms with van der Waals surface area (Å²) in [7, 11) is -2.76. The van der Waals surface area contributed by atoms with E-state index in [4.69, 9.17) is 5.73 Å². The number of hydrogen-bond acceptors (Lipinski definition) is 2. The van der Waals surface area contributed by atoms with Gasteiger partial charge in [0.1, 0.15) is 10.8 Å². The molecule has 0 aromatic rings. The molecule has 9 heavy (non-hydrogen) atoms. The van der Waals surface area contributed by atoms with Gasteiger partial charge in [-0.15, -0.1) is 0 Å². The van der Waals surface area contributed by atoms with Crippen LogP contribution in [0.1, 0.15) is 0 Å². The molecule has 0 fully saturated rings. The van der Waals surface area contributed by atoms with Crippen molar-refractivity contribution in [2.24, 2.45) is 5.73 Å². The van der Waals surface area contributed by atoms with E-state index < -0.39 is 22.1 Å². The molecule has 0 rings (SSSR count). The Morgan fingerprint density at radius 2 is 1.89 bits per heavy atom. The Bertz CT molecular complexity index is 112. The summed E-state index contributed by atoms with van der Waals surface area (Å²) in [5.74, 6) is -0.510. The van der Waals surface area contributed by atoms with E-state index in [1.807, 2.05) is 0 Å². The van der Waals surface area contributed by atoms with Crippen LogP contribution in [0.2, 0.25) is 0 Å². The smallest absolute Gasteiger partial charge is 0.330 e. The number of alkyl halides is 3. The van der Waals surface area contributed by atoms with Crippen LogP contribution in [0.15, 0.2) is 0 Å². The summed E-state index contributed by atoms with van der Waals surface area (Å²) < 4.78 is 43.8. The van der Waals surface area contributed by atoms with E-state index in [2.05, 4.69) is 0 Å². The Morgan fingerprint density at radius 3 is 2.00 bits per heavy atom. The van der Waals surface area contributed by atoms with Crippen molar-refractivity contribution in [2.45, 2.75) is 5.51 Å². The third kappa shape index (κ3) is 3.47. The minimum atomic E-state index is -4.60. The van der Waals surface area contributed by atoms with Crippen molar-refractivity contribution in [1.29, 1.82) is 0 Å². The normalized spacial score (nSPS) is 15.6. The first-order valence-electron chi connectivity index (χ1n) is 2.13. The molecule has 6 heteroatoms. The van der Waals surface area contributed by atoms with Crippen molar-refractivity contribution in [2.75, 3.05) is 12.3 Å². The molecule has 2 N–H and O–H groups in total. The maximum Gasteiger partial charge on any atom is 0.471 e. The molecular formula is C3H6F3NOS. The minimum Gasteiger partial charge on any atom is -0.330 e. The molecule has 0 heterocycles. The van der Waals surface area contributed by atoms with Gasteiger partial charge in [-0.25, -0.2) is 0 Å². The monoisotopic (exact) mass is 161 g/mol. The molecule has 0 saturated carbocycles. The second-order valence-corrected chi connectivity index (χ2v) is 2.85. The molecule has 0 bridgehead atoms. The van der Waals surface area contributed by atoms with Crippen LogP contribution in [0.3, 0.4) is 0 Å². The van der Waals surface area contributed by atoms with Gasteiger partial charge in [-0.1, -0.05) is 0 Å². The van der Waals surface area contributed by atoms with Crippen molar-refractivity contribution in [3.8, 4) is 0 Å². The van der Waals surface area contributed by atoms with Gasteiger partial charge in [0, 0.05) is 12.3 Å². The van der Waals surface area contributed by atoms with Gasteiger partial charge in [0.15, 0.2) is 0 Å². The summed E-state index contributed by atoms with van der Waals surface area (Å²) in [6.45, 7) is -0.202. The minimum absolute atomic E-state index is 0.202. The fraction of sp³-hybridized carbons (Fsp3) is 1.00. The third-order valence-electron chi connectivity index (χ3n) is 0.561. The Kier molecular flexibility index (Phi) is 3.13. The molecule has 0 aliphatic heterocycles. The van der Waals surface area contributed by atoms with E-state index in [0.29, 0.717) is 0 Å². The molecular weight excluding hydrogens is 155 g/mol. The maximum absolute atomic E-state index is 11.3. The first-order valence-corrected chi connectivity index (χ1v) is 3.45. The summed E-state index contributed by atoms with van der Waals surface area (Å²) >= 11 is 0. The van der Waals surface area contributed by atoms with Crippen LogP contribution in [0.4, 0.5) is 13.2 Å². The highest BCUT2D eigenvalue weighted by molar-refractivity contribution is 7.85. The van der Waals surface area contributed by atoms with Gasteiger partial charge in [0.05, 0.1) is 0 Å². The van der Waals surface area contributed by atoms with Crippen molar-refractivity contribution >= 4 is 10.8 Å². The van der Waals surface area contributed by atoms with E-state index in [1.54, 1.807) is 0 Å². The van der Waals surface area contributed by atoms with E-state index in [0.717, 1.165) is 0 Å². The molecule has 0 spiro atoms. The fourth-order valence-electron chi connectivity index (χ4n) is 0.223. The van der Waals surface area contributed by atoms with E-state index in [-0.39, 0.29) is 6.54 Å². The van der Waals surface area contributed by atoms with Crippen LogP contribution < -0.4 is 5.73 Å². The molecule has 1 atom stereocenters. The Morgan fingerprint density at radius 1 is 1.44 bits per heavy atom. The zero-order valence-electron chi connectivity index (χ0n) is 4.44. The predicted octanol–water partition coefficient (Wildman–Crippen LogP) is 0.214. The topological polar surface area (TPSA) is 43.1 Å². The quantitative estimate of drug-likeness (QED) is 0.629. The molecule has 56 valence electrons. The Labute approximate surface area is 52.7 Å². The van der Waals surface area contributed by atoms with Gasteiger partial charge in [-0.05, 0) is 0 Å². The van der Waals surface area contributed by atoms with Crippen LogP contribution >= 0.6 is 0 Å². The van der Waals surface area contributed by atoms with Gasteiger partial charge in [0.2, 0.25) is 0 Å². The van der Waals surface area contributed by atoms with Crippen molar-refractivity contribution in [3.63, 3.8) is 0 Å². The van der Waals surface area contributed by atoms with Gasteiger partial charge < -0.3 is 5.73 Å². The third-order valence-corrected chi connectivity index (χ3v) is 1.68. The number of halogens is 3. The summed E-state index contributed by atoms with van der Waals surface area (Å²) in [4.78, 5) is 0. The van der Waals surface area contributed by atoms with Crippen molar-refractivity contribution < 1.29 is 17.4 Å². The first kappa shape index (κ1) is 8.90. The van der Waals surface area contributed by atoms with Gasteiger partial charge in [-0.3, -0.25) is 4.21 Å². The highest BCUT2D eigenvalue weighted by atomic mass is 32.2. The lowest BCUT2D eigenvalue weighted by atomic mass is 10.8. The number of rotatable bonds is 2. The Hall–Kier alpha value is -0.100. The zero-order valence-corrected chi connectivity index (χ0v) is 5.26. The maximum atomic E-state index is 11.3. The molecule has 1 unspecified atom stereocenters. The average molecular weight is 161 g/mol. The molecule has 0 aliphatic rings. The lowest BCUT2D eigenvalue weighted by Crippen LogP contribution is -2.23. The zero-order chi connectivity index (χ0) is 7.49. The average Bonchev–Trinajstić information content (AvgIpc) is 1.64. The summed E-state index contributed by atoms with van der Waals surface area (Å²) in [6, 6.07) is 0. The van der Waals surface area contributed by atoms with Crippen LogP contribution in [-0.4, -0.2) is 22.0 Å². The molecule has 0 aromatic heterocycles. The fourth-order valence-corrected chi connectivity index (χ4v) is 0.668. The largest absolute Gasteiger partial charge is 0.471 e. The standard InChI is InChI=1S/C3H6F3NOS/c4-3(5,6)9(8)2-1-7/h1-2,7H2. The van der Waals surface area contributed by atoms with Crippen LogP contribution in [0.25, 0.3) is 0 Å². The number of nitrogens with two attached hydrogens (primary N) is 1. The summed E-state index contributed by atoms with van der Waals surface area (Å²) in [6.07, 6.45) is 0. The molecule has 0 radical (unpaired) electrons. The Balaban J connectivity index is 3.74. The first-order chi connectivity index (χ1) is 3.98. The lowest BCUT2D eigenvalue weighted by molar-refractivity contribution is -0.0383. The molecule has 0 saturated heterocycles. The molecule has 0 aliphatic carbocycles. The van der Waals surface area contributed by atoms with Crippen LogP contribution in [0.5, 0.6) is 0 Å². The predicted molar refractivity (Wildman–Crippen MR) is 28.1 cm³/mol. The van der Waals surface area contributed by atoms with Gasteiger partial charge in [-0.2, -0.15) is 13.2 Å². The van der Waals surface area contributed by atoms with Gasteiger partial charge >= 0.3 is 5.51 Å². The van der Waals surface area contributed by atoms with Crippen LogP contribution in [-0.2, 0) is 10.8 Å². The van der Waals surface area contributed by atoms with Crippen LogP contribution in [0, 0.1) is 0 Å². The second kappa shape index (κ2) is 3.17. The molecule has 0 aromatic carbocycles. The molecule has 0 amide bonds. The summed E-state index contributed by atoms with van der Waals surface area (Å²) in [5, 5.41) is 0. The van der Waals surface area contributed by atoms with E-state index in [1.165, 1.54) is 0 Å². The highest BCUT2D eigenvalue weighted by Crippen LogP contribution is 2.19. The van der Waals surface area contributed by atoms with E-state index in [9.17, 15) is 17.4 Å². The van der Waals surface area contributed by atoms with E-state index >= 15 is 0 Å². The lowest BCUT2D eigenvalue weighted by Gasteiger charge is -2.02. The van der Waals surface area contributed by atoms with Crippen molar-refractivity contribution in [3.05, 3.63) is 0 Å². The SMILES string of the molecule is NCCS(=O)C(F)(F)F. The molecule has 2 nitrogen and oxygen atoms in total. The number of hydrogen-bond donors (Lipinski definition) is 1. The van der Waals surface area contributed by atoms with Gasteiger partial charge in [0.25, 0.3) is 0 Å². The highest BCUT2D eigenvalue weighted by Gasteiger charge is 2.35. The van der Waals surface area contributed by atoms with Crippen molar-refractivity contribution in [1.82, 2.24) is 0 Å².